The summed E-state index contributed by atoms with van der Waals surface area (Å²) in [7, 11) is 0. The Labute approximate surface area is 400 Å². The molecule has 4 aromatic rings. The lowest BCUT2D eigenvalue weighted by atomic mass is 9.55. The summed E-state index contributed by atoms with van der Waals surface area (Å²) in [6.45, 7) is 4.96. The molecule has 358 valence electrons. The van der Waals surface area contributed by atoms with Crippen LogP contribution in [0.4, 0.5) is 0 Å². The molecule has 2 spiro atoms. The Hall–Kier alpha value is -5.01. The first-order valence-corrected chi connectivity index (χ1v) is 25.8. The highest BCUT2D eigenvalue weighted by atomic mass is 16.5. The summed E-state index contributed by atoms with van der Waals surface area (Å²) in [5.74, 6) is 9.99. The minimum atomic E-state index is -1.07. The van der Waals surface area contributed by atoms with Crippen LogP contribution in [0.1, 0.15) is 174 Å². The maximum atomic E-state index is 14.2. The molecule has 2 fully saturated rings. The number of fused-ring (bicyclic) bond motifs is 7. The smallest absolute Gasteiger partial charge is 0.191 e. The third-order valence-electron chi connectivity index (χ3n) is 17.6. The molecular formula is C57H68N4O7. The zero-order chi connectivity index (χ0) is 46.9. The number of aliphatic hydroxyl groups excluding tert-OH is 3. The summed E-state index contributed by atoms with van der Waals surface area (Å²) in [6.07, 6.45) is 22.9. The number of ketones is 1. The Balaban J connectivity index is 0.990. The fourth-order valence-electron chi connectivity index (χ4n) is 14.1. The standard InChI is InChI=1S/C57H68N4O7/c1-3-4-5-10-37(53(66)38-13-11-33(2)25-47(38)65)45(63)17-12-34-26-49-48(27-46(34)64)67-24-23-56(19-6-7-20-56)42-16-18-44(62)36-14-15-39-50-35(29-60-54(39)58)28-57(21-8-9-22-57)52(51(36)50)40-30-59-43-32-61(31-41(40)43)55(42)68-49/h11,13-15,26-27,30-33,35,37-38,42,44,47,52-55,59-60,62,64-66H,3-10,12,17,19-22,25,28-29,58H2,1-2H3. The lowest BCUT2D eigenvalue weighted by Crippen LogP contribution is -2.45. The predicted octanol–water partition coefficient (Wildman–Crippen LogP) is 9.21. The second-order valence-electron chi connectivity index (χ2n) is 21.7. The number of phenolic OH excluding ortho intramolecular Hbond substituents is 1. The zero-order valence-electron chi connectivity index (χ0n) is 39.6. The highest BCUT2D eigenvalue weighted by Crippen LogP contribution is 2.64. The Morgan fingerprint density at radius 3 is 2.57 bits per heavy atom. The molecule has 11 rings (SSSR count). The van der Waals surface area contributed by atoms with Crippen molar-refractivity contribution >= 4 is 16.7 Å². The van der Waals surface area contributed by atoms with Crippen molar-refractivity contribution in [2.24, 2.45) is 40.2 Å². The van der Waals surface area contributed by atoms with Gasteiger partial charge in [-0.25, -0.2) is 0 Å². The van der Waals surface area contributed by atoms with Crippen molar-refractivity contribution in [1.82, 2.24) is 14.9 Å². The van der Waals surface area contributed by atoms with Crippen molar-refractivity contribution in [1.29, 1.82) is 0 Å². The third-order valence-corrected chi connectivity index (χ3v) is 17.6. The topological polar surface area (TPSA) is 175 Å². The number of hydrogen-bond acceptors (Lipinski definition) is 9. The second kappa shape index (κ2) is 18.1. The number of nitrogens with one attached hydrogen (secondary N) is 2. The monoisotopic (exact) mass is 921 g/mol. The number of carbonyl (C=O) groups is 1. The SMILES string of the molecule is CCCCCC(C(=O)CCc1cc2c(cc1O)OC#CC1(CCCC1)C1C#CC(O)c3ccc4c5c3C(c3c[nH]c6cn(cc36)C1O2)C1(CCCC1)CC5CNC4N)C(O)C1C=CC(C)CC1O. The summed E-state index contributed by atoms with van der Waals surface area (Å²) in [4.78, 5) is 17.9. The number of H-pyrrole nitrogens is 1. The molecule has 2 aromatic heterocycles. The molecule has 0 amide bonds. The normalized spacial score (nSPS) is 30.1. The Morgan fingerprint density at radius 2 is 1.78 bits per heavy atom. The van der Waals surface area contributed by atoms with Crippen LogP contribution in [-0.2, 0) is 11.2 Å². The number of ether oxygens (including phenoxy) is 2. The number of nitrogens with two attached hydrogens (primary N) is 1. The van der Waals surface area contributed by atoms with Crippen LogP contribution in [0.15, 0.2) is 55.0 Å². The number of unbranched alkanes of at least 4 members (excludes halogenated alkanes) is 2. The maximum absolute atomic E-state index is 14.2. The summed E-state index contributed by atoms with van der Waals surface area (Å²) in [5.41, 5.74) is 13.4. The Morgan fingerprint density at radius 1 is 0.985 bits per heavy atom. The number of aryl methyl sites for hydroxylation is 1. The average Bonchev–Trinajstić information content (AvgIpc) is 4.16. The van der Waals surface area contributed by atoms with Crippen LogP contribution in [-0.4, -0.2) is 54.5 Å². The van der Waals surface area contributed by atoms with Crippen LogP contribution in [0, 0.1) is 58.4 Å². The maximum Gasteiger partial charge on any atom is 0.191 e. The number of aromatic amines is 1. The van der Waals surface area contributed by atoms with Gasteiger partial charge in [-0.1, -0.05) is 101 Å². The van der Waals surface area contributed by atoms with Gasteiger partial charge in [0, 0.05) is 60.8 Å². The van der Waals surface area contributed by atoms with Crippen LogP contribution in [0.25, 0.3) is 10.9 Å². The van der Waals surface area contributed by atoms with Gasteiger partial charge in [-0.15, -0.1) is 0 Å². The van der Waals surface area contributed by atoms with Crippen molar-refractivity contribution in [2.45, 2.75) is 159 Å². The van der Waals surface area contributed by atoms with Gasteiger partial charge in [-0.05, 0) is 108 Å². The number of aliphatic hydroxyl groups is 3. The number of hydrogen-bond donors (Lipinski definition) is 7. The van der Waals surface area contributed by atoms with E-state index in [0.717, 1.165) is 92.8 Å². The van der Waals surface area contributed by atoms with Gasteiger partial charge in [0.05, 0.1) is 35.2 Å². The first kappa shape index (κ1) is 45.4. The lowest BCUT2D eigenvalue weighted by Gasteiger charge is -2.50. The van der Waals surface area contributed by atoms with Gasteiger partial charge < -0.3 is 45.2 Å². The summed E-state index contributed by atoms with van der Waals surface area (Å²) in [6, 6.07) is 7.49. The molecule has 0 radical (unpaired) electrons. The molecule has 11 nitrogen and oxygen atoms in total. The molecule has 2 aromatic carbocycles. The van der Waals surface area contributed by atoms with Crippen molar-refractivity contribution in [3.63, 3.8) is 0 Å². The van der Waals surface area contributed by atoms with Gasteiger partial charge >= 0.3 is 0 Å². The van der Waals surface area contributed by atoms with Gasteiger partial charge in [0.15, 0.2) is 17.7 Å². The largest absolute Gasteiger partial charge is 0.508 e. The molecule has 7 aliphatic rings. The summed E-state index contributed by atoms with van der Waals surface area (Å²) in [5, 5.41) is 51.5. The second-order valence-corrected chi connectivity index (χ2v) is 21.7. The van der Waals surface area contributed by atoms with E-state index in [0.29, 0.717) is 30.1 Å². The number of nitrogens with zero attached hydrogens (tertiary/aromatic N) is 1. The molecule has 2 bridgehead atoms. The number of phenols is 1. The van der Waals surface area contributed by atoms with Gasteiger partial charge in [-0.2, -0.15) is 0 Å². The average molecular weight is 921 g/mol. The molecule has 5 heterocycles. The van der Waals surface area contributed by atoms with E-state index in [1.54, 1.807) is 6.07 Å². The van der Waals surface area contributed by atoms with Crippen LogP contribution in [0.5, 0.6) is 17.2 Å². The van der Waals surface area contributed by atoms with Gasteiger partial charge in [0.2, 0.25) is 0 Å². The number of aromatic hydroxyl groups is 1. The molecule has 4 aliphatic carbocycles. The molecule has 11 atom stereocenters. The minimum absolute atomic E-state index is 0.0138. The van der Waals surface area contributed by atoms with Crippen molar-refractivity contribution in [3.8, 4) is 41.1 Å². The minimum Gasteiger partial charge on any atom is -0.508 e. The Bertz CT molecular complexity index is 2730. The van der Waals surface area contributed by atoms with E-state index in [4.69, 9.17) is 15.2 Å². The van der Waals surface area contributed by atoms with Gasteiger partial charge in [0.1, 0.15) is 23.7 Å². The van der Waals surface area contributed by atoms with E-state index in [1.807, 2.05) is 19.1 Å². The van der Waals surface area contributed by atoms with Crippen molar-refractivity contribution in [2.75, 3.05) is 6.54 Å². The van der Waals surface area contributed by atoms with E-state index >= 15 is 0 Å². The zero-order valence-corrected chi connectivity index (χ0v) is 39.6. The van der Waals surface area contributed by atoms with Crippen LogP contribution >= 0.6 is 0 Å². The predicted molar refractivity (Wildman–Crippen MR) is 260 cm³/mol. The molecule has 3 aliphatic heterocycles. The number of carbonyl (C=O) groups excluding carboxylic acids is 1. The Kier molecular flexibility index (Phi) is 12.1. The van der Waals surface area contributed by atoms with E-state index in [9.17, 15) is 25.2 Å². The van der Waals surface area contributed by atoms with Crippen LogP contribution in [0.3, 0.4) is 0 Å². The van der Waals surface area contributed by atoms with Gasteiger partial charge in [-0.3, -0.25) is 10.1 Å². The molecule has 68 heavy (non-hydrogen) atoms. The van der Waals surface area contributed by atoms with Crippen LogP contribution in [0.2, 0.25) is 0 Å². The fraction of sp³-hybridized carbons (Fsp3) is 0.561. The fourth-order valence-corrected chi connectivity index (χ4v) is 14.1. The van der Waals surface area contributed by atoms with Crippen molar-refractivity contribution in [3.05, 3.63) is 88.4 Å². The highest BCUT2D eigenvalue weighted by Gasteiger charge is 2.53. The summed E-state index contributed by atoms with van der Waals surface area (Å²) < 4.78 is 15.6. The number of allylic oxidation sites excluding steroid dienone is 1. The van der Waals surface area contributed by atoms with Crippen LogP contribution < -0.4 is 20.5 Å². The van der Waals surface area contributed by atoms with Gasteiger partial charge in [0.25, 0.3) is 0 Å². The molecular weight excluding hydrogens is 853 g/mol. The molecule has 0 saturated heterocycles. The van der Waals surface area contributed by atoms with E-state index < -0.39 is 47.7 Å². The van der Waals surface area contributed by atoms with E-state index in [2.05, 4.69) is 76.4 Å². The number of rotatable bonds is 10. The van der Waals surface area contributed by atoms with E-state index in [-0.39, 0.29) is 53.5 Å². The van der Waals surface area contributed by atoms with Crippen molar-refractivity contribution < 1.29 is 34.7 Å². The molecule has 11 unspecified atom stereocenters. The first-order valence-electron chi connectivity index (χ1n) is 25.8. The number of benzene rings is 2. The number of Topliss-reactive ketones (excluding diaryl/α,β-unsaturated/α-hetero) is 1. The quantitative estimate of drug-likeness (QED) is 0.0465. The first-order chi connectivity index (χ1) is 33.0. The van der Waals surface area contributed by atoms with E-state index in [1.165, 1.54) is 35.6 Å². The molecule has 11 heteroatoms. The highest BCUT2D eigenvalue weighted by molar-refractivity contribution is 5.85. The number of aromatic nitrogens is 2. The lowest BCUT2D eigenvalue weighted by molar-refractivity contribution is -0.129. The molecule has 8 N–H and O–H groups in total. The third kappa shape index (κ3) is 7.78. The summed E-state index contributed by atoms with van der Waals surface area (Å²) >= 11 is 0. The molecule has 2 saturated carbocycles.